The number of ether oxygens (including phenoxy) is 4. The summed E-state index contributed by atoms with van der Waals surface area (Å²) in [6.45, 7) is 7.97. The Morgan fingerprint density at radius 2 is 1.90 bits per heavy atom. The third kappa shape index (κ3) is 4.77. The van der Waals surface area contributed by atoms with E-state index in [1.54, 1.807) is 12.1 Å². The van der Waals surface area contributed by atoms with Gasteiger partial charge in [0, 0.05) is 6.92 Å². The van der Waals surface area contributed by atoms with E-state index in [2.05, 4.69) is 26.1 Å². The molecule has 0 spiro atoms. The molecule has 0 saturated carbocycles. The van der Waals surface area contributed by atoms with Crippen molar-refractivity contribution in [2.45, 2.75) is 70.0 Å². The topological polar surface area (TPSA) is 99.4 Å². The molecule has 8 nitrogen and oxygen atoms in total. The number of carbonyl (C=O) groups excluding carboxylic acids is 1. The zero-order valence-electron chi connectivity index (χ0n) is 18.1. The van der Waals surface area contributed by atoms with Crippen molar-refractivity contribution in [2.24, 2.45) is 0 Å². The lowest BCUT2D eigenvalue weighted by molar-refractivity contribution is -0.336. The van der Waals surface area contributed by atoms with Gasteiger partial charge < -0.3 is 33.8 Å². The number of rotatable bonds is 4. The van der Waals surface area contributed by atoms with E-state index in [1.807, 2.05) is 24.3 Å². The normalized spacial score (nSPS) is 31.0. The molecule has 0 radical (unpaired) electrons. The van der Waals surface area contributed by atoms with E-state index >= 15 is 0 Å². The number of carbonyl (C=O) groups is 1. The number of amides is 1. The van der Waals surface area contributed by atoms with E-state index in [4.69, 9.17) is 23.4 Å². The van der Waals surface area contributed by atoms with Crippen molar-refractivity contribution < 1.29 is 33.3 Å². The third-order valence-electron chi connectivity index (χ3n) is 5.48. The quantitative estimate of drug-likeness (QED) is 0.768. The van der Waals surface area contributed by atoms with Crippen LogP contribution in [0.3, 0.4) is 0 Å². The van der Waals surface area contributed by atoms with Crippen LogP contribution in [0.25, 0.3) is 0 Å². The van der Waals surface area contributed by atoms with Gasteiger partial charge in [-0.3, -0.25) is 4.79 Å². The molecule has 0 unspecified atom stereocenters. The summed E-state index contributed by atoms with van der Waals surface area (Å²) in [5.74, 6) is 0.765. The second-order valence-corrected chi connectivity index (χ2v) is 8.93. The fraction of sp³-hybridized carbons (Fsp3) is 0.522. The van der Waals surface area contributed by atoms with Crippen LogP contribution in [0.4, 0.5) is 0 Å². The van der Waals surface area contributed by atoms with Gasteiger partial charge >= 0.3 is 0 Å². The molecule has 3 heterocycles. The SMILES string of the molecule is CC(=O)N[C@@H]1[C@H](Oc2ccc(C(C)(C)C)cc2)O[C@@H]2CO[C@H](c3ccco3)O[C@@H]2[C@@H]1O. The second-order valence-electron chi connectivity index (χ2n) is 8.93. The molecule has 0 bridgehead atoms. The summed E-state index contributed by atoms with van der Waals surface area (Å²) >= 11 is 0. The lowest BCUT2D eigenvalue weighted by Gasteiger charge is -2.47. The minimum absolute atomic E-state index is 0.0172. The second kappa shape index (κ2) is 8.63. The molecule has 2 fully saturated rings. The first kappa shape index (κ1) is 21.8. The molecule has 2 saturated heterocycles. The molecule has 2 aromatic rings. The predicted octanol–water partition coefficient (Wildman–Crippen LogP) is 2.66. The highest BCUT2D eigenvalue weighted by Crippen LogP contribution is 2.35. The van der Waals surface area contributed by atoms with Gasteiger partial charge in [-0.15, -0.1) is 0 Å². The van der Waals surface area contributed by atoms with E-state index in [0.29, 0.717) is 11.5 Å². The molecule has 4 rings (SSSR count). The predicted molar refractivity (Wildman–Crippen MR) is 110 cm³/mol. The Balaban J connectivity index is 1.51. The van der Waals surface area contributed by atoms with Crippen molar-refractivity contribution in [1.29, 1.82) is 0 Å². The lowest BCUT2D eigenvalue weighted by atomic mass is 9.87. The molecule has 2 N–H and O–H groups in total. The summed E-state index contributed by atoms with van der Waals surface area (Å²) in [5.41, 5.74) is 1.18. The summed E-state index contributed by atoms with van der Waals surface area (Å²) in [7, 11) is 0. The van der Waals surface area contributed by atoms with Crippen LogP contribution in [0.5, 0.6) is 5.75 Å². The highest BCUT2D eigenvalue weighted by atomic mass is 16.8. The first-order valence-electron chi connectivity index (χ1n) is 10.4. The van der Waals surface area contributed by atoms with Crippen LogP contribution in [0, 0.1) is 0 Å². The number of hydrogen-bond acceptors (Lipinski definition) is 7. The van der Waals surface area contributed by atoms with E-state index in [-0.39, 0.29) is 17.9 Å². The number of nitrogens with one attached hydrogen (secondary N) is 1. The van der Waals surface area contributed by atoms with Crippen molar-refractivity contribution >= 4 is 5.91 Å². The number of aliphatic hydroxyl groups is 1. The summed E-state index contributed by atoms with van der Waals surface area (Å²) < 4.78 is 29.1. The number of benzene rings is 1. The molecule has 0 aliphatic carbocycles. The Labute approximate surface area is 181 Å². The van der Waals surface area contributed by atoms with Crippen LogP contribution < -0.4 is 10.1 Å². The summed E-state index contributed by atoms with van der Waals surface area (Å²) in [6.07, 6.45) is -2.49. The van der Waals surface area contributed by atoms with Crippen LogP contribution in [-0.2, 0) is 24.4 Å². The van der Waals surface area contributed by atoms with Crippen LogP contribution >= 0.6 is 0 Å². The van der Waals surface area contributed by atoms with Crippen LogP contribution in [-0.4, -0.2) is 48.3 Å². The Kier molecular flexibility index (Phi) is 6.07. The van der Waals surface area contributed by atoms with Crippen molar-refractivity contribution in [1.82, 2.24) is 5.32 Å². The maximum Gasteiger partial charge on any atom is 0.223 e. The molecule has 168 valence electrons. The summed E-state index contributed by atoms with van der Waals surface area (Å²) in [4.78, 5) is 11.8. The number of aliphatic hydroxyl groups excluding tert-OH is 1. The maximum atomic E-state index is 11.8. The molecule has 1 aromatic heterocycles. The van der Waals surface area contributed by atoms with Crippen LogP contribution in [0.15, 0.2) is 47.1 Å². The van der Waals surface area contributed by atoms with Crippen molar-refractivity contribution in [3.63, 3.8) is 0 Å². The highest BCUT2D eigenvalue weighted by Gasteiger charge is 2.51. The molecule has 1 aromatic carbocycles. The van der Waals surface area contributed by atoms with Crippen molar-refractivity contribution in [2.75, 3.05) is 6.61 Å². The van der Waals surface area contributed by atoms with Gasteiger partial charge in [0.05, 0.1) is 12.9 Å². The van der Waals surface area contributed by atoms with Gasteiger partial charge in [0.2, 0.25) is 18.5 Å². The van der Waals surface area contributed by atoms with Crippen LogP contribution in [0.2, 0.25) is 0 Å². The average Bonchev–Trinajstić information content (AvgIpc) is 3.25. The minimum Gasteiger partial charge on any atom is -0.464 e. The summed E-state index contributed by atoms with van der Waals surface area (Å²) in [5, 5.41) is 13.8. The number of furan rings is 1. The zero-order valence-corrected chi connectivity index (χ0v) is 18.1. The smallest absolute Gasteiger partial charge is 0.223 e. The van der Waals surface area contributed by atoms with Gasteiger partial charge in [-0.25, -0.2) is 0 Å². The summed E-state index contributed by atoms with van der Waals surface area (Å²) in [6, 6.07) is 10.3. The van der Waals surface area contributed by atoms with Gasteiger partial charge in [-0.05, 0) is 35.2 Å². The van der Waals surface area contributed by atoms with Crippen molar-refractivity contribution in [3.05, 3.63) is 54.0 Å². The highest BCUT2D eigenvalue weighted by molar-refractivity contribution is 5.73. The van der Waals surface area contributed by atoms with Gasteiger partial charge in [0.15, 0.2) is 5.76 Å². The first-order valence-corrected chi connectivity index (χ1v) is 10.4. The van der Waals surface area contributed by atoms with Gasteiger partial charge in [-0.2, -0.15) is 0 Å². The third-order valence-corrected chi connectivity index (χ3v) is 5.48. The molecular weight excluding hydrogens is 402 g/mol. The molecule has 8 heteroatoms. The Hall–Kier alpha value is -2.39. The lowest BCUT2D eigenvalue weighted by Crippen LogP contribution is -2.67. The van der Waals surface area contributed by atoms with E-state index in [1.165, 1.54) is 18.8 Å². The van der Waals surface area contributed by atoms with E-state index in [9.17, 15) is 9.90 Å². The Morgan fingerprint density at radius 3 is 2.52 bits per heavy atom. The fourth-order valence-electron chi connectivity index (χ4n) is 3.82. The standard InChI is InChI=1S/C23H29NO7/c1-13(25)24-18-19(26)20-17(12-28-21(31-20)16-6-5-11-27-16)30-22(18)29-15-9-7-14(8-10-15)23(2,3)4/h5-11,17-22,26H,12H2,1-4H3,(H,24,25)/t17-,18+,19-,20+,21+,22-/m1/s1. The maximum absolute atomic E-state index is 11.8. The van der Waals surface area contributed by atoms with E-state index < -0.39 is 36.9 Å². The van der Waals surface area contributed by atoms with E-state index in [0.717, 1.165) is 0 Å². The monoisotopic (exact) mass is 431 g/mol. The molecule has 1 amide bonds. The molecule has 31 heavy (non-hydrogen) atoms. The molecule has 2 aliphatic heterocycles. The van der Waals surface area contributed by atoms with Gasteiger partial charge in [-0.1, -0.05) is 32.9 Å². The number of hydrogen-bond donors (Lipinski definition) is 2. The van der Waals surface area contributed by atoms with Gasteiger partial charge in [0.25, 0.3) is 0 Å². The van der Waals surface area contributed by atoms with Crippen LogP contribution in [0.1, 0.15) is 45.3 Å². The number of fused-ring (bicyclic) bond motifs is 1. The van der Waals surface area contributed by atoms with Gasteiger partial charge in [0.1, 0.15) is 30.1 Å². The minimum atomic E-state index is -1.07. The van der Waals surface area contributed by atoms with Crippen molar-refractivity contribution in [3.8, 4) is 5.75 Å². The largest absolute Gasteiger partial charge is 0.464 e. The molecule has 2 aliphatic rings. The average molecular weight is 431 g/mol. The first-order chi connectivity index (χ1) is 14.7. The molecular formula is C23H29NO7. The Morgan fingerprint density at radius 1 is 1.16 bits per heavy atom. The zero-order chi connectivity index (χ0) is 22.2. The molecule has 6 atom stereocenters. The fourth-order valence-corrected chi connectivity index (χ4v) is 3.82. The Bertz CT molecular complexity index is 874.